The molecule has 0 saturated heterocycles. The molecule has 1 rings (SSSR count). The Bertz CT molecular complexity index is 485. The van der Waals surface area contributed by atoms with Gasteiger partial charge in [0, 0.05) is 13.7 Å². The van der Waals surface area contributed by atoms with E-state index in [9.17, 15) is 4.79 Å². The number of ether oxygens (including phenoxy) is 2. The van der Waals surface area contributed by atoms with Gasteiger partial charge in [0.15, 0.2) is 0 Å². The number of hydrogen-bond acceptors (Lipinski definition) is 4. The van der Waals surface area contributed by atoms with Crippen molar-refractivity contribution in [3.05, 3.63) is 15.7 Å². The highest BCUT2D eigenvalue weighted by molar-refractivity contribution is 14.1. The summed E-state index contributed by atoms with van der Waals surface area (Å²) in [5.41, 5.74) is -0.531. The normalized spacial score (nSPS) is 14.5. The fourth-order valence-corrected chi connectivity index (χ4v) is 2.47. The zero-order chi connectivity index (χ0) is 16.9. The van der Waals surface area contributed by atoms with Gasteiger partial charge in [-0.3, -0.25) is 4.90 Å². The number of imidazole rings is 1. The average Bonchev–Trinajstić information content (AvgIpc) is 2.80. The van der Waals surface area contributed by atoms with E-state index < -0.39 is 5.60 Å². The van der Waals surface area contributed by atoms with Crippen LogP contribution in [-0.2, 0) is 9.47 Å². The molecule has 0 unspecified atom stereocenters. The van der Waals surface area contributed by atoms with E-state index in [-0.39, 0.29) is 18.1 Å². The van der Waals surface area contributed by atoms with Gasteiger partial charge in [-0.1, -0.05) is 6.92 Å². The van der Waals surface area contributed by atoms with Crippen molar-refractivity contribution in [2.45, 2.75) is 46.3 Å². The Morgan fingerprint density at radius 2 is 2.09 bits per heavy atom. The Balaban J connectivity index is 2.92. The Morgan fingerprint density at radius 3 is 2.55 bits per heavy atom. The molecule has 0 aliphatic heterocycles. The van der Waals surface area contributed by atoms with Crippen LogP contribution in [0.5, 0.6) is 0 Å². The molecule has 1 aromatic heterocycles. The number of rotatable bonds is 6. The Kier molecular flexibility index (Phi) is 7.11. The highest BCUT2D eigenvalue weighted by Gasteiger charge is 2.29. The summed E-state index contributed by atoms with van der Waals surface area (Å²) >= 11 is 2.16. The average molecular weight is 423 g/mol. The molecule has 6 nitrogen and oxygen atoms in total. The molecular formula is C15H26IN3O3. The summed E-state index contributed by atoms with van der Waals surface area (Å²) in [5.74, 6) is 0.953. The lowest BCUT2D eigenvalue weighted by Gasteiger charge is -2.32. The van der Waals surface area contributed by atoms with Crippen molar-refractivity contribution in [2.75, 3.05) is 20.3 Å². The first-order valence-electron chi connectivity index (χ1n) is 7.33. The van der Waals surface area contributed by atoms with Crippen molar-refractivity contribution < 1.29 is 14.3 Å². The first-order valence-corrected chi connectivity index (χ1v) is 8.41. The molecule has 1 heterocycles. The monoisotopic (exact) mass is 423 g/mol. The number of carbonyl (C=O) groups is 1. The summed E-state index contributed by atoms with van der Waals surface area (Å²) in [5, 5.41) is 0. The van der Waals surface area contributed by atoms with E-state index >= 15 is 0 Å². The minimum Gasteiger partial charge on any atom is -0.444 e. The van der Waals surface area contributed by atoms with Gasteiger partial charge in [0.1, 0.15) is 11.4 Å². The van der Waals surface area contributed by atoms with E-state index in [1.807, 2.05) is 34.6 Å². The summed E-state index contributed by atoms with van der Waals surface area (Å²) in [6, 6.07) is -0.197. The van der Waals surface area contributed by atoms with Crippen molar-refractivity contribution >= 4 is 28.7 Å². The number of nitrogens with one attached hydrogen (secondary N) is 1. The predicted molar refractivity (Wildman–Crippen MR) is 93.7 cm³/mol. The molecule has 0 aliphatic rings. The maximum atomic E-state index is 12.5. The summed E-state index contributed by atoms with van der Waals surface area (Å²) in [7, 11) is 1.66. The number of aromatic amines is 1. The largest absolute Gasteiger partial charge is 0.444 e. The maximum Gasteiger partial charge on any atom is 0.410 e. The molecule has 1 N–H and O–H groups in total. The van der Waals surface area contributed by atoms with Gasteiger partial charge in [-0.15, -0.1) is 0 Å². The number of amides is 1. The molecule has 1 aromatic rings. The lowest BCUT2D eigenvalue weighted by Crippen LogP contribution is -2.41. The fraction of sp³-hybridized carbons (Fsp3) is 0.733. The van der Waals surface area contributed by atoms with Crippen molar-refractivity contribution in [1.29, 1.82) is 0 Å². The quantitative estimate of drug-likeness (QED) is 0.711. The van der Waals surface area contributed by atoms with Gasteiger partial charge >= 0.3 is 6.09 Å². The molecular weight excluding hydrogens is 397 g/mol. The van der Waals surface area contributed by atoms with Crippen LogP contribution in [-0.4, -0.2) is 46.8 Å². The zero-order valence-electron chi connectivity index (χ0n) is 14.1. The van der Waals surface area contributed by atoms with Crippen LogP contribution in [0, 0.1) is 9.62 Å². The molecule has 0 aromatic carbocycles. The van der Waals surface area contributed by atoms with Gasteiger partial charge < -0.3 is 14.5 Å². The molecule has 0 radical (unpaired) electrons. The van der Waals surface area contributed by atoms with Gasteiger partial charge in [0.05, 0.1) is 22.5 Å². The van der Waals surface area contributed by atoms with Crippen LogP contribution >= 0.6 is 22.6 Å². The number of methoxy groups -OCH3 is 1. The summed E-state index contributed by atoms with van der Waals surface area (Å²) in [6.07, 6.45) is 1.41. The third kappa shape index (κ3) is 6.12. The lowest BCUT2D eigenvalue weighted by atomic mass is 10.1. The maximum absolute atomic E-state index is 12.5. The second kappa shape index (κ2) is 8.14. The minimum atomic E-state index is -0.531. The Morgan fingerprint density at radius 1 is 1.45 bits per heavy atom. The second-order valence-corrected chi connectivity index (χ2v) is 7.65. The number of carbonyl (C=O) groups excluding carboxylic acids is 1. The highest BCUT2D eigenvalue weighted by Crippen LogP contribution is 2.22. The summed E-state index contributed by atoms with van der Waals surface area (Å²) < 4.78 is 11.6. The van der Waals surface area contributed by atoms with Gasteiger partial charge in [-0.05, 0) is 56.2 Å². The number of hydrogen-bond donors (Lipinski definition) is 1. The minimum absolute atomic E-state index is 0.197. The topological polar surface area (TPSA) is 67.4 Å². The van der Waals surface area contributed by atoms with Crippen LogP contribution in [0.1, 0.15) is 46.5 Å². The van der Waals surface area contributed by atoms with Crippen LogP contribution in [0.15, 0.2) is 6.20 Å². The van der Waals surface area contributed by atoms with Gasteiger partial charge in [-0.2, -0.15) is 0 Å². The van der Waals surface area contributed by atoms with E-state index in [1.165, 1.54) is 0 Å². The third-order valence-electron chi connectivity index (χ3n) is 3.02. The van der Waals surface area contributed by atoms with Crippen LogP contribution in [0.4, 0.5) is 4.79 Å². The van der Waals surface area contributed by atoms with Gasteiger partial charge in [-0.25, -0.2) is 9.78 Å². The van der Waals surface area contributed by atoms with E-state index in [2.05, 4.69) is 32.6 Å². The van der Waals surface area contributed by atoms with Gasteiger partial charge in [0.2, 0.25) is 0 Å². The van der Waals surface area contributed by atoms with Crippen LogP contribution in [0.2, 0.25) is 0 Å². The summed E-state index contributed by atoms with van der Waals surface area (Å²) in [6.45, 7) is 10.7. The molecule has 0 spiro atoms. The molecule has 1 amide bonds. The number of aromatic nitrogens is 2. The van der Waals surface area contributed by atoms with Crippen LogP contribution < -0.4 is 0 Å². The second-order valence-electron chi connectivity index (χ2n) is 6.49. The number of H-pyrrole nitrogens is 1. The van der Waals surface area contributed by atoms with Gasteiger partial charge in [0.25, 0.3) is 0 Å². The smallest absolute Gasteiger partial charge is 0.410 e. The third-order valence-corrected chi connectivity index (χ3v) is 3.56. The Hall–Kier alpha value is -0.830. The lowest BCUT2D eigenvalue weighted by molar-refractivity contribution is 0.0102. The van der Waals surface area contributed by atoms with E-state index in [1.54, 1.807) is 18.2 Å². The molecule has 0 saturated carbocycles. The zero-order valence-corrected chi connectivity index (χ0v) is 16.3. The molecule has 2 atom stereocenters. The molecule has 0 bridgehead atoms. The molecule has 0 aliphatic carbocycles. The van der Waals surface area contributed by atoms with E-state index in [4.69, 9.17) is 9.47 Å². The van der Waals surface area contributed by atoms with Crippen LogP contribution in [0.25, 0.3) is 0 Å². The van der Waals surface area contributed by atoms with Crippen molar-refractivity contribution in [2.24, 2.45) is 5.92 Å². The Labute approximate surface area is 146 Å². The molecule has 126 valence electrons. The van der Waals surface area contributed by atoms with E-state index in [0.29, 0.717) is 13.2 Å². The fourth-order valence-electron chi connectivity index (χ4n) is 2.06. The molecule has 22 heavy (non-hydrogen) atoms. The van der Waals surface area contributed by atoms with Crippen molar-refractivity contribution in [3.8, 4) is 0 Å². The highest BCUT2D eigenvalue weighted by atomic mass is 127. The standard InChI is InChI=1S/C15H26IN3O3/c1-10(9-21-6)8-19(14(20)22-15(3,4)5)11(2)13-17-7-12(16)18-13/h7,10-11H,8-9H2,1-6H3,(H,17,18)/t10-,11-/m0/s1. The van der Waals surface area contributed by atoms with Crippen molar-refractivity contribution in [1.82, 2.24) is 14.9 Å². The van der Waals surface area contributed by atoms with Crippen LogP contribution in [0.3, 0.4) is 0 Å². The number of halogens is 1. The molecule has 7 heteroatoms. The number of nitrogens with zero attached hydrogens (tertiary/aromatic N) is 2. The SMILES string of the molecule is COC[C@@H](C)CN(C(=O)OC(C)(C)C)[C@@H](C)c1ncc(I)[nH]1. The van der Waals surface area contributed by atoms with E-state index in [0.717, 1.165) is 9.53 Å². The predicted octanol–water partition coefficient (Wildman–Crippen LogP) is 3.59. The summed E-state index contributed by atoms with van der Waals surface area (Å²) in [4.78, 5) is 21.7. The van der Waals surface area contributed by atoms with Crippen molar-refractivity contribution in [3.63, 3.8) is 0 Å². The molecule has 0 fully saturated rings. The first kappa shape index (κ1) is 19.2. The first-order chi connectivity index (χ1) is 10.1.